The van der Waals surface area contributed by atoms with Crippen molar-refractivity contribution in [3.63, 3.8) is 0 Å². The smallest absolute Gasteiger partial charge is 0.328 e. The second-order valence-corrected chi connectivity index (χ2v) is 12.6. The fraction of sp³-hybridized carbons (Fsp3) is 0.233. The van der Waals surface area contributed by atoms with E-state index in [1.54, 1.807) is 31.3 Å². The highest BCUT2D eigenvalue weighted by Gasteiger charge is 2.29. The number of esters is 1. The molecule has 44 heavy (non-hydrogen) atoms. The number of nitrogens with two attached hydrogens (primary N) is 1. The van der Waals surface area contributed by atoms with Gasteiger partial charge < -0.3 is 14.8 Å². The van der Waals surface area contributed by atoms with Gasteiger partial charge >= 0.3 is 5.97 Å². The van der Waals surface area contributed by atoms with E-state index in [1.165, 1.54) is 4.68 Å². The molecule has 0 saturated heterocycles. The molecule has 0 spiro atoms. The molecule has 5 rings (SSSR count). The third-order valence-corrected chi connectivity index (χ3v) is 8.93. The van der Waals surface area contributed by atoms with E-state index < -0.39 is 34.0 Å². The number of hydrogen-bond acceptors (Lipinski definition) is 10. The van der Waals surface area contributed by atoms with Crippen molar-refractivity contribution >= 4 is 43.5 Å². The molecule has 0 aliphatic carbocycles. The molecule has 228 valence electrons. The van der Waals surface area contributed by atoms with Crippen LogP contribution in [0.4, 0.5) is 0 Å². The Morgan fingerprint density at radius 1 is 1.00 bits per heavy atom. The Balaban J connectivity index is 1.33. The number of carbonyl (C=O) groups excluding carboxylic acids is 2. The molecule has 3 N–H and O–H groups in total. The van der Waals surface area contributed by atoms with Crippen molar-refractivity contribution in [2.75, 3.05) is 6.61 Å². The molecule has 2 atom stereocenters. The van der Waals surface area contributed by atoms with Gasteiger partial charge in [0.2, 0.25) is 10.2 Å². The molecule has 2 aromatic heterocycles. The molecule has 0 aliphatic heterocycles. The van der Waals surface area contributed by atoms with Crippen LogP contribution < -0.4 is 15.2 Å². The lowest BCUT2D eigenvalue weighted by Crippen LogP contribution is -2.46. The van der Waals surface area contributed by atoms with Crippen LogP contribution in [-0.2, 0) is 43.8 Å². The van der Waals surface area contributed by atoms with E-state index in [-0.39, 0.29) is 24.0 Å². The van der Waals surface area contributed by atoms with Crippen LogP contribution in [0.3, 0.4) is 0 Å². The number of nitrogens with one attached hydrogen (secondary N) is 1. The zero-order valence-corrected chi connectivity index (χ0v) is 25.3. The van der Waals surface area contributed by atoms with E-state index in [1.807, 2.05) is 60.7 Å². The van der Waals surface area contributed by atoms with Gasteiger partial charge in [0, 0.05) is 12.8 Å². The van der Waals surface area contributed by atoms with Crippen molar-refractivity contribution in [1.29, 1.82) is 0 Å². The number of benzene rings is 3. The summed E-state index contributed by atoms with van der Waals surface area (Å²) in [5, 5.41) is 16.5. The summed E-state index contributed by atoms with van der Waals surface area (Å²) >= 11 is 0.949. The van der Waals surface area contributed by atoms with E-state index in [9.17, 15) is 18.0 Å². The number of sulfonamides is 1. The highest BCUT2D eigenvalue weighted by molar-refractivity contribution is 7.91. The van der Waals surface area contributed by atoms with Gasteiger partial charge in [-0.05, 0) is 36.2 Å². The fourth-order valence-electron chi connectivity index (χ4n) is 4.48. The normalized spacial score (nSPS) is 12.9. The average Bonchev–Trinajstić information content (AvgIpc) is 3.67. The van der Waals surface area contributed by atoms with Crippen LogP contribution in [-0.4, -0.2) is 52.9 Å². The Hall–Kier alpha value is -4.66. The lowest BCUT2D eigenvalue weighted by Gasteiger charge is -2.22. The van der Waals surface area contributed by atoms with Gasteiger partial charge in [0.15, 0.2) is 0 Å². The largest absolute Gasteiger partial charge is 0.487 e. The number of hydrogen-bond donors (Lipinski definition) is 2. The maximum atomic E-state index is 13.7. The molecular formula is C30H30N6O6S2. The van der Waals surface area contributed by atoms with Gasteiger partial charge in [-0.15, -0.1) is 16.4 Å². The minimum absolute atomic E-state index is 0.0332. The summed E-state index contributed by atoms with van der Waals surface area (Å²) in [6.45, 7) is 1.93. The van der Waals surface area contributed by atoms with Gasteiger partial charge in [-0.25, -0.2) is 28.0 Å². The standard InChI is InChI=1S/C30H30N6O6S2/c1-2-41-29(38)25(15-20-9-5-3-6-10-20)32-28(37)26(16-21-11-7-4-8-12-21)36-18-22(34-35-36)19-42-23-13-14-24-27(17-23)43-30(33-24)44(31,39)40/h3-14,17-18,25-26H,2,15-16,19H2,1H3,(H,32,37)(H2,31,39,40)/t25?,26-/m0/s1. The van der Waals surface area contributed by atoms with Crippen molar-refractivity contribution < 1.29 is 27.5 Å². The van der Waals surface area contributed by atoms with Gasteiger partial charge in [0.05, 0.1) is 23.0 Å². The van der Waals surface area contributed by atoms with E-state index in [0.29, 0.717) is 28.1 Å². The first-order valence-electron chi connectivity index (χ1n) is 13.7. The summed E-state index contributed by atoms with van der Waals surface area (Å²) in [5.41, 5.74) is 2.72. The molecule has 3 aromatic carbocycles. The topological polar surface area (TPSA) is 168 Å². The molecule has 1 unspecified atom stereocenters. The average molecular weight is 635 g/mol. The van der Waals surface area contributed by atoms with Crippen molar-refractivity contribution in [2.24, 2.45) is 5.14 Å². The van der Waals surface area contributed by atoms with Crippen LogP contribution in [0.15, 0.2) is 89.4 Å². The van der Waals surface area contributed by atoms with Crippen LogP contribution in [0.2, 0.25) is 0 Å². The molecule has 0 saturated carbocycles. The van der Waals surface area contributed by atoms with Crippen LogP contribution >= 0.6 is 11.3 Å². The van der Waals surface area contributed by atoms with E-state index in [0.717, 1.165) is 22.5 Å². The number of carbonyl (C=O) groups is 2. The number of primary sulfonamides is 1. The number of ether oxygens (including phenoxy) is 2. The molecule has 0 radical (unpaired) electrons. The summed E-state index contributed by atoms with van der Waals surface area (Å²) in [6, 6.07) is 22.1. The minimum Gasteiger partial charge on any atom is -0.487 e. The number of aromatic nitrogens is 4. The fourth-order valence-corrected chi connectivity index (χ4v) is 6.17. The van der Waals surface area contributed by atoms with Crippen LogP contribution in [0.25, 0.3) is 10.2 Å². The lowest BCUT2D eigenvalue weighted by molar-refractivity contribution is -0.147. The molecule has 14 heteroatoms. The van der Waals surface area contributed by atoms with E-state index in [4.69, 9.17) is 14.6 Å². The predicted octanol–water partition coefficient (Wildman–Crippen LogP) is 3.19. The predicted molar refractivity (Wildman–Crippen MR) is 163 cm³/mol. The zero-order valence-electron chi connectivity index (χ0n) is 23.7. The van der Waals surface area contributed by atoms with Gasteiger partial charge in [-0.3, -0.25) is 4.79 Å². The van der Waals surface area contributed by atoms with Gasteiger partial charge in [-0.2, -0.15) is 0 Å². The quantitative estimate of drug-likeness (QED) is 0.185. The Morgan fingerprint density at radius 3 is 2.34 bits per heavy atom. The molecular weight excluding hydrogens is 605 g/mol. The highest BCUT2D eigenvalue weighted by atomic mass is 32.2. The summed E-state index contributed by atoms with van der Waals surface area (Å²) in [5.74, 6) is -0.472. The summed E-state index contributed by atoms with van der Waals surface area (Å²) < 4.78 is 36.3. The Bertz CT molecular complexity index is 1840. The number of rotatable bonds is 13. The van der Waals surface area contributed by atoms with Gasteiger partial charge in [0.25, 0.3) is 10.0 Å². The first-order chi connectivity index (χ1) is 21.2. The summed E-state index contributed by atoms with van der Waals surface area (Å²) in [7, 11) is -3.91. The second-order valence-electron chi connectivity index (χ2n) is 9.84. The molecule has 0 bridgehead atoms. The minimum atomic E-state index is -3.91. The molecule has 5 aromatic rings. The van der Waals surface area contributed by atoms with Crippen molar-refractivity contribution in [3.05, 3.63) is 102 Å². The molecule has 12 nitrogen and oxygen atoms in total. The summed E-state index contributed by atoms with van der Waals surface area (Å²) in [4.78, 5) is 30.6. The van der Waals surface area contributed by atoms with Gasteiger partial charge in [-0.1, -0.05) is 65.9 Å². The first kappa shape index (κ1) is 30.8. The first-order valence-corrected chi connectivity index (χ1v) is 16.1. The molecule has 0 aliphatic rings. The number of amides is 1. The number of nitrogens with zero attached hydrogens (tertiary/aromatic N) is 4. The van der Waals surface area contributed by atoms with Gasteiger partial charge in [0.1, 0.15) is 30.1 Å². The van der Waals surface area contributed by atoms with Crippen LogP contribution in [0.5, 0.6) is 5.75 Å². The van der Waals surface area contributed by atoms with Crippen molar-refractivity contribution in [2.45, 2.75) is 42.8 Å². The maximum absolute atomic E-state index is 13.7. The Labute approximate surface area is 257 Å². The third-order valence-electron chi connectivity index (χ3n) is 6.59. The zero-order chi connectivity index (χ0) is 31.1. The third kappa shape index (κ3) is 7.83. The van der Waals surface area contributed by atoms with Crippen LogP contribution in [0.1, 0.15) is 29.8 Å². The Kier molecular flexibility index (Phi) is 9.62. The monoisotopic (exact) mass is 634 g/mol. The molecule has 2 heterocycles. The van der Waals surface area contributed by atoms with E-state index in [2.05, 4.69) is 20.6 Å². The number of fused-ring (bicyclic) bond motifs is 1. The van der Waals surface area contributed by atoms with Crippen LogP contribution in [0, 0.1) is 0 Å². The second kappa shape index (κ2) is 13.8. The maximum Gasteiger partial charge on any atom is 0.328 e. The van der Waals surface area contributed by atoms with E-state index >= 15 is 0 Å². The Morgan fingerprint density at radius 2 is 1.68 bits per heavy atom. The van der Waals surface area contributed by atoms with Crippen molar-refractivity contribution in [1.82, 2.24) is 25.3 Å². The number of thiazole rings is 1. The molecule has 1 amide bonds. The van der Waals surface area contributed by atoms with Crippen molar-refractivity contribution in [3.8, 4) is 5.75 Å². The highest BCUT2D eigenvalue weighted by Crippen LogP contribution is 2.28. The summed E-state index contributed by atoms with van der Waals surface area (Å²) in [6.07, 6.45) is 2.18. The lowest BCUT2D eigenvalue weighted by atomic mass is 10.0. The molecule has 0 fully saturated rings. The SMILES string of the molecule is CCOC(=O)C(Cc1ccccc1)NC(=O)[C@H](Cc1ccccc1)n1cc(COc2ccc3nc(S(N)(=O)=O)sc3c2)nn1.